The molecule has 1 nitrogen and oxygen atoms in total. The predicted molar refractivity (Wildman–Crippen MR) is 112 cm³/mol. The van der Waals surface area contributed by atoms with Gasteiger partial charge >= 0.3 is 0 Å². The lowest BCUT2D eigenvalue weighted by Gasteiger charge is -2.31. The molecule has 0 amide bonds. The number of benzene rings is 2. The van der Waals surface area contributed by atoms with Gasteiger partial charge in [0.15, 0.2) is 0 Å². The summed E-state index contributed by atoms with van der Waals surface area (Å²) in [6.45, 7) is 2.40. The number of aromatic nitrogens is 1. The number of nitrogens with one attached hydrogen (secondary N) is 1. The minimum Gasteiger partial charge on any atom is -0.347 e. The van der Waals surface area contributed by atoms with Crippen molar-refractivity contribution in [2.24, 2.45) is 0 Å². The zero-order valence-electron chi connectivity index (χ0n) is 15.3. The third-order valence-electron chi connectivity index (χ3n) is 6.48. The van der Waals surface area contributed by atoms with Gasteiger partial charge in [-0.1, -0.05) is 66.3 Å². The van der Waals surface area contributed by atoms with Gasteiger partial charge in [0.2, 0.25) is 0 Å². The minimum atomic E-state index is -0.0714. The van der Waals surface area contributed by atoms with Gasteiger partial charge in [-0.15, -0.1) is 0 Å². The van der Waals surface area contributed by atoms with Crippen LogP contribution >= 0.6 is 0 Å². The summed E-state index contributed by atoms with van der Waals surface area (Å²) in [5.74, 6) is 0. The normalized spacial score (nSPS) is 20.4. The number of aromatic amines is 1. The Balaban J connectivity index is 1.76. The third-order valence-corrected chi connectivity index (χ3v) is 6.48. The number of rotatable bonds is 1. The summed E-state index contributed by atoms with van der Waals surface area (Å²) in [5, 5.41) is 2.49. The first-order valence-corrected chi connectivity index (χ1v) is 9.62. The summed E-state index contributed by atoms with van der Waals surface area (Å²) in [5.41, 5.74) is 9.23. The summed E-state index contributed by atoms with van der Waals surface area (Å²) in [7, 11) is 0. The van der Waals surface area contributed by atoms with E-state index >= 15 is 0 Å². The van der Waals surface area contributed by atoms with Crippen molar-refractivity contribution in [1.29, 1.82) is 0 Å². The lowest BCUT2D eigenvalue weighted by molar-refractivity contribution is 0.650. The summed E-state index contributed by atoms with van der Waals surface area (Å²) in [4.78, 5) is 3.64. The van der Waals surface area contributed by atoms with E-state index in [-0.39, 0.29) is 5.41 Å². The Morgan fingerprint density at radius 1 is 1.00 bits per heavy atom. The van der Waals surface area contributed by atoms with Gasteiger partial charge in [0.1, 0.15) is 0 Å². The van der Waals surface area contributed by atoms with E-state index in [1.54, 1.807) is 0 Å². The fourth-order valence-electron chi connectivity index (χ4n) is 5.14. The molecule has 3 aromatic carbocycles. The Morgan fingerprint density at radius 2 is 1.93 bits per heavy atom. The second-order valence-corrected chi connectivity index (χ2v) is 7.76. The highest BCUT2D eigenvalue weighted by Crippen LogP contribution is 2.55. The molecule has 1 heteroatoms. The van der Waals surface area contributed by atoms with E-state index in [2.05, 4.69) is 84.7 Å². The van der Waals surface area contributed by atoms with Gasteiger partial charge in [-0.3, -0.25) is 0 Å². The molecule has 1 aromatic heterocycles. The third kappa shape index (κ3) is 1.80. The van der Waals surface area contributed by atoms with Gasteiger partial charge < -0.3 is 4.98 Å². The zero-order chi connectivity index (χ0) is 18.0. The first-order valence-electron chi connectivity index (χ1n) is 9.62. The average Bonchev–Trinajstić information content (AvgIpc) is 3.23. The number of hydrogen-bond acceptors (Lipinski definition) is 0. The molecule has 4 aromatic rings. The highest BCUT2D eigenvalue weighted by molar-refractivity contribution is 6.13. The van der Waals surface area contributed by atoms with Crippen molar-refractivity contribution in [3.05, 3.63) is 95.6 Å². The molecule has 27 heavy (non-hydrogen) atoms. The number of allylic oxidation sites excluding steroid dienone is 4. The molecule has 0 spiro atoms. The number of hydrogen-bond donors (Lipinski definition) is 1. The van der Waals surface area contributed by atoms with Crippen molar-refractivity contribution in [2.75, 3.05) is 0 Å². The molecule has 0 bridgehead atoms. The first-order chi connectivity index (χ1) is 13.3. The lowest BCUT2D eigenvalue weighted by atomic mass is 9.71. The van der Waals surface area contributed by atoms with Crippen LogP contribution in [0.25, 0.3) is 32.9 Å². The van der Waals surface area contributed by atoms with Crippen molar-refractivity contribution in [3.63, 3.8) is 0 Å². The smallest absolute Gasteiger partial charge is 0.0981 e. The van der Waals surface area contributed by atoms with Crippen molar-refractivity contribution >= 4 is 21.8 Å². The van der Waals surface area contributed by atoms with Crippen molar-refractivity contribution in [3.8, 4) is 11.1 Å². The van der Waals surface area contributed by atoms with Crippen molar-refractivity contribution in [2.45, 2.75) is 25.2 Å². The van der Waals surface area contributed by atoms with E-state index in [0.717, 1.165) is 18.4 Å². The summed E-state index contributed by atoms with van der Waals surface area (Å²) < 4.78 is 0. The highest BCUT2D eigenvalue weighted by atomic mass is 14.7. The fraction of sp³-hybridized carbons (Fsp3) is 0.154. The Hall–Kier alpha value is -3.24. The molecule has 0 aliphatic heterocycles. The largest absolute Gasteiger partial charge is 0.347 e. The van der Waals surface area contributed by atoms with Crippen LogP contribution in [0.15, 0.2) is 72.3 Å². The molecular formula is C26H19N. The van der Waals surface area contributed by atoms with E-state index in [4.69, 9.17) is 0 Å². The predicted octanol–water partition coefficient (Wildman–Crippen LogP) is 6.48. The quantitative estimate of drug-likeness (QED) is 0.406. The molecular weight excluding hydrogens is 326 g/mol. The van der Waals surface area contributed by atoms with E-state index in [0.29, 0.717) is 0 Å². The van der Waals surface area contributed by atoms with Gasteiger partial charge in [0, 0.05) is 21.8 Å². The maximum absolute atomic E-state index is 3.64. The van der Waals surface area contributed by atoms with Crippen LogP contribution in [0.1, 0.15) is 30.9 Å². The molecule has 0 saturated heterocycles. The molecule has 1 heterocycles. The van der Waals surface area contributed by atoms with Crippen LogP contribution in [-0.4, -0.2) is 4.98 Å². The van der Waals surface area contributed by atoms with Crippen molar-refractivity contribution in [1.82, 2.24) is 4.98 Å². The molecule has 1 atom stereocenters. The monoisotopic (exact) mass is 345 g/mol. The second kappa shape index (κ2) is 5.15. The van der Waals surface area contributed by atoms with Gasteiger partial charge in [0.05, 0.1) is 11.0 Å². The Morgan fingerprint density at radius 3 is 2.81 bits per heavy atom. The van der Waals surface area contributed by atoms with Crippen LogP contribution < -0.4 is 0 Å². The number of H-pyrrole nitrogens is 1. The van der Waals surface area contributed by atoms with Crippen LogP contribution in [0.3, 0.4) is 0 Å². The van der Waals surface area contributed by atoms with Crippen LogP contribution in [0.4, 0.5) is 0 Å². The van der Waals surface area contributed by atoms with Crippen LogP contribution in [0.2, 0.25) is 0 Å². The molecule has 2 aliphatic rings. The van der Waals surface area contributed by atoms with Crippen LogP contribution in [0, 0.1) is 12.1 Å². The molecule has 1 unspecified atom stereocenters. The average molecular weight is 345 g/mol. The fourth-order valence-corrected chi connectivity index (χ4v) is 5.14. The second-order valence-electron chi connectivity index (χ2n) is 7.76. The Kier molecular flexibility index (Phi) is 2.84. The van der Waals surface area contributed by atoms with E-state index < -0.39 is 0 Å². The van der Waals surface area contributed by atoms with Gasteiger partial charge in [-0.25, -0.2) is 0 Å². The zero-order valence-corrected chi connectivity index (χ0v) is 15.3. The Bertz CT molecular complexity index is 1280. The Labute approximate surface area is 159 Å². The lowest BCUT2D eigenvalue weighted by Crippen LogP contribution is -2.24. The van der Waals surface area contributed by atoms with E-state index in [1.165, 1.54) is 44.1 Å². The summed E-state index contributed by atoms with van der Waals surface area (Å²) in [6, 6.07) is 23.9. The maximum atomic E-state index is 3.64. The van der Waals surface area contributed by atoms with Crippen LogP contribution in [-0.2, 0) is 5.41 Å². The SMILES string of the molecule is CC1(C2=CC=CCC2)c2ccccc2-c2c1ccc1c2[nH]c2c#cccc21. The van der Waals surface area contributed by atoms with Gasteiger partial charge in [0.25, 0.3) is 0 Å². The number of fused-ring (bicyclic) bond motifs is 7. The van der Waals surface area contributed by atoms with E-state index in [9.17, 15) is 0 Å². The topological polar surface area (TPSA) is 15.8 Å². The molecule has 0 radical (unpaired) electrons. The van der Waals surface area contributed by atoms with Crippen molar-refractivity contribution < 1.29 is 0 Å². The first kappa shape index (κ1) is 14.9. The molecule has 128 valence electrons. The summed E-state index contributed by atoms with van der Waals surface area (Å²) in [6.07, 6.45) is 9.05. The summed E-state index contributed by atoms with van der Waals surface area (Å²) >= 11 is 0. The maximum Gasteiger partial charge on any atom is 0.0981 e. The molecule has 6 rings (SSSR count). The molecule has 1 N–H and O–H groups in total. The van der Waals surface area contributed by atoms with E-state index in [1.807, 2.05) is 6.07 Å². The van der Waals surface area contributed by atoms with Gasteiger partial charge in [-0.05, 0) is 54.7 Å². The molecule has 2 aliphatic carbocycles. The molecule has 0 fully saturated rings. The minimum absolute atomic E-state index is 0.0714. The van der Waals surface area contributed by atoms with Gasteiger partial charge in [-0.2, -0.15) is 0 Å². The standard InChI is InChI=1S/C26H19N/c1-26(17-9-3-2-4-10-17)21-13-7-5-12-20(21)24-22(26)16-15-19-18-11-6-8-14-23(18)27-25(19)24/h2-3,5-7,9,11-13,15-16,27H,4,10H2,1H3. The molecule has 0 saturated carbocycles. The van der Waals surface area contributed by atoms with Crippen LogP contribution in [0.5, 0.6) is 0 Å². The highest BCUT2D eigenvalue weighted by Gasteiger charge is 2.42.